The van der Waals surface area contributed by atoms with Crippen molar-refractivity contribution in [2.24, 2.45) is 0 Å². The van der Waals surface area contributed by atoms with E-state index < -0.39 is 10.0 Å². The molecule has 0 unspecified atom stereocenters. The zero-order valence-corrected chi connectivity index (χ0v) is 17.3. The van der Waals surface area contributed by atoms with Gasteiger partial charge in [-0.3, -0.25) is 0 Å². The Balaban J connectivity index is 1.61. The summed E-state index contributed by atoms with van der Waals surface area (Å²) < 4.78 is 29.8. The standard InChI is InChI=1S/C18H22N6O2S2/c1-12(2)13-3-5-15(6-4-13)28(25,26)24-11-27-9-14(24)8-23-10-21-16-7-20-18(19)22-17(16)23/h3-7,10,12,14H,8-9,11H2,1-2H3,(H2,19,20,22)/t14-/m0/s1. The van der Waals surface area contributed by atoms with Crippen molar-refractivity contribution in [2.45, 2.75) is 37.2 Å². The predicted octanol–water partition coefficient (Wildman–Crippen LogP) is 2.30. The van der Waals surface area contributed by atoms with Gasteiger partial charge in [-0.05, 0) is 23.6 Å². The van der Waals surface area contributed by atoms with Gasteiger partial charge in [0.1, 0.15) is 5.52 Å². The molecule has 148 valence electrons. The molecule has 0 spiro atoms. The molecule has 1 aliphatic rings. The molecule has 2 aromatic heterocycles. The molecule has 0 amide bonds. The van der Waals surface area contributed by atoms with E-state index in [9.17, 15) is 8.42 Å². The van der Waals surface area contributed by atoms with Crippen molar-refractivity contribution in [2.75, 3.05) is 17.4 Å². The minimum Gasteiger partial charge on any atom is -0.368 e. The van der Waals surface area contributed by atoms with Crippen LogP contribution in [0.4, 0.5) is 5.95 Å². The van der Waals surface area contributed by atoms with Gasteiger partial charge in [-0.25, -0.2) is 18.4 Å². The molecule has 1 saturated heterocycles. The number of sulfonamides is 1. The molecule has 1 fully saturated rings. The molecule has 1 aliphatic heterocycles. The molecule has 1 aromatic carbocycles. The first-order valence-corrected chi connectivity index (χ1v) is 11.6. The van der Waals surface area contributed by atoms with Crippen molar-refractivity contribution < 1.29 is 8.42 Å². The number of imidazole rings is 1. The van der Waals surface area contributed by atoms with Crippen molar-refractivity contribution in [1.29, 1.82) is 0 Å². The lowest BCUT2D eigenvalue weighted by Crippen LogP contribution is -2.39. The third-order valence-electron chi connectivity index (χ3n) is 4.87. The Labute approximate surface area is 168 Å². The van der Waals surface area contributed by atoms with E-state index in [2.05, 4.69) is 28.8 Å². The topological polar surface area (TPSA) is 107 Å². The molecule has 3 heterocycles. The van der Waals surface area contributed by atoms with Crippen LogP contribution in [0.2, 0.25) is 0 Å². The third kappa shape index (κ3) is 3.47. The Morgan fingerprint density at radius 2 is 2.00 bits per heavy atom. The summed E-state index contributed by atoms with van der Waals surface area (Å²) in [6, 6.07) is 6.99. The van der Waals surface area contributed by atoms with Gasteiger partial charge in [-0.15, -0.1) is 11.8 Å². The Kier molecular flexibility index (Phi) is 5.02. The lowest BCUT2D eigenvalue weighted by molar-refractivity contribution is 0.365. The number of aromatic nitrogens is 4. The Hall–Kier alpha value is -2.17. The van der Waals surface area contributed by atoms with Gasteiger partial charge in [0.15, 0.2) is 5.65 Å². The number of nitrogens with zero attached hydrogens (tertiary/aromatic N) is 5. The summed E-state index contributed by atoms with van der Waals surface area (Å²) in [5.74, 6) is 1.67. The fourth-order valence-corrected chi connectivity index (χ4v) is 6.48. The van der Waals surface area contributed by atoms with Gasteiger partial charge >= 0.3 is 0 Å². The molecular weight excluding hydrogens is 396 g/mol. The van der Waals surface area contributed by atoms with Crippen LogP contribution in [0.3, 0.4) is 0 Å². The van der Waals surface area contributed by atoms with Gasteiger partial charge in [0.2, 0.25) is 16.0 Å². The van der Waals surface area contributed by atoms with E-state index in [1.165, 1.54) is 0 Å². The molecular formula is C18H22N6O2S2. The lowest BCUT2D eigenvalue weighted by Gasteiger charge is -2.24. The minimum absolute atomic E-state index is 0.171. The normalized spacial score (nSPS) is 18.3. The van der Waals surface area contributed by atoms with E-state index in [-0.39, 0.29) is 12.0 Å². The quantitative estimate of drug-likeness (QED) is 0.677. The van der Waals surface area contributed by atoms with Crippen LogP contribution >= 0.6 is 11.8 Å². The highest BCUT2D eigenvalue weighted by Gasteiger charge is 2.36. The Morgan fingerprint density at radius 3 is 2.71 bits per heavy atom. The molecule has 3 aromatic rings. The van der Waals surface area contributed by atoms with Crippen LogP contribution in [0, 0.1) is 0 Å². The number of hydrogen-bond acceptors (Lipinski definition) is 7. The SMILES string of the molecule is CC(C)c1ccc(S(=O)(=O)N2CSC[C@@H]2Cn2cnc3cnc(N)nc32)cc1. The zero-order chi connectivity index (χ0) is 19.9. The highest BCUT2D eigenvalue weighted by atomic mass is 32.2. The van der Waals surface area contributed by atoms with Gasteiger partial charge in [0.25, 0.3) is 0 Å². The van der Waals surface area contributed by atoms with Crippen LogP contribution in [0.25, 0.3) is 11.2 Å². The van der Waals surface area contributed by atoms with Crippen LogP contribution in [0.1, 0.15) is 25.3 Å². The molecule has 1 atom stereocenters. The number of nitrogens with two attached hydrogens (primary N) is 1. The average molecular weight is 419 g/mol. The van der Waals surface area contributed by atoms with E-state index in [0.29, 0.717) is 40.2 Å². The maximum atomic E-state index is 13.2. The summed E-state index contributed by atoms with van der Waals surface area (Å²) in [6.07, 6.45) is 3.23. The second-order valence-electron chi connectivity index (χ2n) is 7.10. The maximum Gasteiger partial charge on any atom is 0.244 e. The van der Waals surface area contributed by atoms with Gasteiger partial charge < -0.3 is 10.3 Å². The summed E-state index contributed by atoms with van der Waals surface area (Å²) in [7, 11) is -3.57. The maximum absolute atomic E-state index is 13.2. The monoisotopic (exact) mass is 418 g/mol. The Bertz CT molecular complexity index is 1090. The van der Waals surface area contributed by atoms with E-state index >= 15 is 0 Å². The van der Waals surface area contributed by atoms with E-state index in [1.807, 2.05) is 16.7 Å². The van der Waals surface area contributed by atoms with Gasteiger partial charge in [0, 0.05) is 12.3 Å². The van der Waals surface area contributed by atoms with Crippen molar-refractivity contribution in [3.8, 4) is 0 Å². The van der Waals surface area contributed by atoms with Crippen molar-refractivity contribution in [3.63, 3.8) is 0 Å². The molecule has 10 heteroatoms. The highest BCUT2D eigenvalue weighted by Crippen LogP contribution is 2.30. The molecule has 2 N–H and O–H groups in total. The fourth-order valence-electron chi connectivity index (χ4n) is 3.27. The van der Waals surface area contributed by atoms with Crippen molar-refractivity contribution in [3.05, 3.63) is 42.4 Å². The highest BCUT2D eigenvalue weighted by molar-refractivity contribution is 8.00. The number of rotatable bonds is 5. The zero-order valence-electron chi connectivity index (χ0n) is 15.7. The second kappa shape index (κ2) is 7.34. The number of benzene rings is 1. The average Bonchev–Trinajstić information content (AvgIpc) is 3.30. The van der Waals surface area contributed by atoms with E-state index in [4.69, 9.17) is 5.73 Å². The summed E-state index contributed by atoms with van der Waals surface area (Å²) in [6.45, 7) is 4.63. The van der Waals surface area contributed by atoms with Gasteiger partial charge in [-0.1, -0.05) is 26.0 Å². The lowest BCUT2D eigenvalue weighted by atomic mass is 10.0. The molecule has 4 rings (SSSR count). The van der Waals surface area contributed by atoms with E-state index in [0.717, 1.165) is 5.56 Å². The van der Waals surface area contributed by atoms with Crippen LogP contribution in [0.15, 0.2) is 41.7 Å². The molecule has 28 heavy (non-hydrogen) atoms. The fraction of sp³-hybridized carbons (Fsp3) is 0.389. The minimum atomic E-state index is -3.57. The number of nitrogen functional groups attached to an aromatic ring is 1. The van der Waals surface area contributed by atoms with Crippen LogP contribution < -0.4 is 5.73 Å². The smallest absolute Gasteiger partial charge is 0.244 e. The van der Waals surface area contributed by atoms with Gasteiger partial charge in [-0.2, -0.15) is 9.29 Å². The summed E-state index contributed by atoms with van der Waals surface area (Å²) >= 11 is 1.61. The summed E-state index contributed by atoms with van der Waals surface area (Å²) in [5, 5.41) is 0. The van der Waals surface area contributed by atoms with Gasteiger partial charge in [0.05, 0.1) is 29.3 Å². The largest absolute Gasteiger partial charge is 0.368 e. The summed E-state index contributed by atoms with van der Waals surface area (Å²) in [5.41, 5.74) is 8.06. The first kappa shape index (κ1) is 19.2. The molecule has 0 saturated carbocycles. The molecule has 0 aliphatic carbocycles. The molecule has 0 radical (unpaired) electrons. The number of thioether (sulfide) groups is 1. The molecule has 8 nitrogen and oxygen atoms in total. The Morgan fingerprint density at radius 1 is 1.25 bits per heavy atom. The second-order valence-corrected chi connectivity index (χ2v) is 9.99. The van der Waals surface area contributed by atoms with E-state index in [1.54, 1.807) is 40.7 Å². The first-order valence-electron chi connectivity index (χ1n) is 8.99. The first-order chi connectivity index (χ1) is 13.4. The van der Waals surface area contributed by atoms with Crippen LogP contribution in [-0.4, -0.2) is 49.9 Å². The third-order valence-corrected chi connectivity index (χ3v) is 8.03. The number of anilines is 1. The van der Waals surface area contributed by atoms with Crippen LogP contribution in [-0.2, 0) is 16.6 Å². The van der Waals surface area contributed by atoms with Crippen molar-refractivity contribution in [1.82, 2.24) is 23.8 Å². The number of hydrogen-bond donors (Lipinski definition) is 1. The number of fused-ring (bicyclic) bond motifs is 1. The summed E-state index contributed by atoms with van der Waals surface area (Å²) in [4.78, 5) is 12.8. The van der Waals surface area contributed by atoms with Crippen molar-refractivity contribution >= 4 is 38.9 Å². The predicted molar refractivity (Wildman–Crippen MR) is 110 cm³/mol. The molecule has 0 bridgehead atoms. The van der Waals surface area contributed by atoms with Crippen LogP contribution in [0.5, 0.6) is 0 Å².